The van der Waals surface area contributed by atoms with E-state index in [0.29, 0.717) is 24.8 Å². The number of aromatic nitrogens is 2. The number of hydrogen-bond donors (Lipinski definition) is 1. The lowest BCUT2D eigenvalue weighted by Gasteiger charge is -2.23. The molecule has 7 nitrogen and oxygen atoms in total. The summed E-state index contributed by atoms with van der Waals surface area (Å²) in [5, 5.41) is 7.09. The minimum Gasteiger partial charge on any atom is -0.376 e. The lowest BCUT2D eigenvalue weighted by molar-refractivity contribution is 0.108. The van der Waals surface area contributed by atoms with Crippen molar-refractivity contribution in [2.24, 2.45) is 0 Å². The Bertz CT molecular complexity index is 770. The number of likely N-dealkylation sites (tertiary alicyclic amines) is 1. The number of carbonyl (C=O) groups is 1. The Morgan fingerprint density at radius 1 is 1.35 bits per heavy atom. The highest BCUT2D eigenvalue weighted by molar-refractivity contribution is 5.75. The van der Waals surface area contributed by atoms with Gasteiger partial charge in [-0.25, -0.2) is 4.79 Å². The number of urea groups is 1. The number of rotatable bonds is 4. The van der Waals surface area contributed by atoms with E-state index in [2.05, 4.69) is 15.5 Å². The van der Waals surface area contributed by atoms with E-state index in [1.807, 2.05) is 31.2 Å². The predicted octanol–water partition coefficient (Wildman–Crippen LogP) is 3.07. The monoisotopic (exact) mass is 356 g/mol. The number of nitrogens with one attached hydrogen (secondary N) is 1. The number of hydrogen-bond acceptors (Lipinski definition) is 5. The van der Waals surface area contributed by atoms with Crippen LogP contribution in [0.2, 0.25) is 0 Å². The molecule has 2 fully saturated rings. The van der Waals surface area contributed by atoms with Crippen molar-refractivity contribution >= 4 is 6.03 Å². The molecule has 0 unspecified atom stereocenters. The number of carbonyl (C=O) groups excluding carboxylic acids is 1. The fourth-order valence-corrected chi connectivity index (χ4v) is 3.65. The van der Waals surface area contributed by atoms with Crippen LogP contribution in [0.4, 0.5) is 4.79 Å². The summed E-state index contributed by atoms with van der Waals surface area (Å²) >= 11 is 0. The summed E-state index contributed by atoms with van der Waals surface area (Å²) in [6.45, 7) is 4.07. The van der Waals surface area contributed by atoms with E-state index in [-0.39, 0.29) is 18.2 Å². The van der Waals surface area contributed by atoms with E-state index in [1.54, 1.807) is 4.90 Å². The third-order valence-electron chi connectivity index (χ3n) is 5.02. The summed E-state index contributed by atoms with van der Waals surface area (Å²) in [7, 11) is 0. The minimum absolute atomic E-state index is 0.0849. The zero-order valence-electron chi connectivity index (χ0n) is 15.0. The molecule has 2 atom stereocenters. The fourth-order valence-electron chi connectivity index (χ4n) is 3.65. The SMILES string of the molecule is Cc1cccc(-c2noc([C@H]3CCCN3C(=O)NC[C@@H]3CCCO3)n2)c1. The molecule has 0 bridgehead atoms. The molecule has 1 aromatic carbocycles. The normalized spacial score (nSPS) is 22.7. The van der Waals surface area contributed by atoms with E-state index < -0.39 is 0 Å². The van der Waals surface area contributed by atoms with Gasteiger partial charge in [0.05, 0.1) is 6.10 Å². The quantitative estimate of drug-likeness (QED) is 0.910. The van der Waals surface area contributed by atoms with Gasteiger partial charge in [0.2, 0.25) is 11.7 Å². The van der Waals surface area contributed by atoms with E-state index >= 15 is 0 Å². The molecule has 138 valence electrons. The second kappa shape index (κ2) is 7.45. The Morgan fingerprint density at radius 2 is 2.27 bits per heavy atom. The number of amides is 2. The van der Waals surface area contributed by atoms with Gasteiger partial charge in [-0.15, -0.1) is 0 Å². The minimum atomic E-state index is -0.162. The van der Waals surface area contributed by atoms with Crippen LogP contribution in [0, 0.1) is 6.92 Å². The van der Waals surface area contributed by atoms with E-state index in [9.17, 15) is 4.79 Å². The number of benzene rings is 1. The largest absolute Gasteiger partial charge is 0.376 e. The highest BCUT2D eigenvalue weighted by Gasteiger charge is 2.34. The van der Waals surface area contributed by atoms with Crippen molar-refractivity contribution in [2.75, 3.05) is 19.7 Å². The van der Waals surface area contributed by atoms with Crippen LogP contribution in [0.5, 0.6) is 0 Å². The first-order valence-electron chi connectivity index (χ1n) is 9.27. The molecule has 0 radical (unpaired) electrons. The van der Waals surface area contributed by atoms with Crippen molar-refractivity contribution < 1.29 is 14.1 Å². The first-order valence-corrected chi connectivity index (χ1v) is 9.27. The summed E-state index contributed by atoms with van der Waals surface area (Å²) in [4.78, 5) is 18.9. The molecule has 7 heteroatoms. The van der Waals surface area contributed by atoms with Crippen molar-refractivity contribution in [3.05, 3.63) is 35.7 Å². The molecule has 0 aliphatic carbocycles. The van der Waals surface area contributed by atoms with Gasteiger partial charge in [0.15, 0.2) is 0 Å². The van der Waals surface area contributed by atoms with Crippen molar-refractivity contribution in [3.8, 4) is 11.4 Å². The van der Waals surface area contributed by atoms with E-state index in [1.165, 1.54) is 0 Å². The van der Waals surface area contributed by atoms with Gasteiger partial charge in [0, 0.05) is 25.3 Å². The molecule has 2 aromatic rings. The molecule has 2 amide bonds. The Labute approximate surface area is 152 Å². The Morgan fingerprint density at radius 3 is 3.08 bits per heavy atom. The highest BCUT2D eigenvalue weighted by atomic mass is 16.5. The van der Waals surface area contributed by atoms with E-state index in [4.69, 9.17) is 9.26 Å². The molecule has 3 heterocycles. The fraction of sp³-hybridized carbons (Fsp3) is 0.526. The Balaban J connectivity index is 1.43. The lowest BCUT2D eigenvalue weighted by atomic mass is 10.1. The summed E-state index contributed by atoms with van der Waals surface area (Å²) in [5.41, 5.74) is 2.07. The third-order valence-corrected chi connectivity index (χ3v) is 5.02. The smallest absolute Gasteiger partial charge is 0.318 e. The van der Waals surface area contributed by atoms with E-state index in [0.717, 1.165) is 43.4 Å². The van der Waals surface area contributed by atoms with Crippen LogP contribution in [0.15, 0.2) is 28.8 Å². The van der Waals surface area contributed by atoms with Crippen molar-refractivity contribution in [1.29, 1.82) is 0 Å². The number of ether oxygens (including phenoxy) is 1. The first kappa shape index (κ1) is 17.0. The van der Waals surface area contributed by atoms with Crippen LogP contribution in [0.1, 0.15) is 43.2 Å². The standard InChI is InChI=1S/C19H24N4O3/c1-13-5-2-6-14(11-13)17-21-18(26-22-17)16-8-3-9-23(16)19(24)20-12-15-7-4-10-25-15/h2,5-6,11,15-16H,3-4,7-10,12H2,1H3,(H,20,24)/t15-,16+/m0/s1. The first-order chi connectivity index (χ1) is 12.7. The number of nitrogens with zero attached hydrogens (tertiary/aromatic N) is 3. The summed E-state index contributed by atoms with van der Waals surface area (Å²) in [5.74, 6) is 1.07. The van der Waals surface area contributed by atoms with Gasteiger partial charge in [0.1, 0.15) is 6.04 Å². The number of aryl methyl sites for hydroxylation is 1. The second-order valence-electron chi connectivity index (χ2n) is 7.00. The van der Waals surface area contributed by atoms with Crippen molar-refractivity contribution in [2.45, 2.75) is 44.8 Å². The molecule has 1 aromatic heterocycles. The maximum absolute atomic E-state index is 12.6. The van der Waals surface area contributed by atoms with Crippen LogP contribution in [0.3, 0.4) is 0 Å². The molecule has 2 aliphatic rings. The lowest BCUT2D eigenvalue weighted by Crippen LogP contribution is -2.42. The van der Waals surface area contributed by atoms with Crippen LogP contribution in [-0.2, 0) is 4.74 Å². The van der Waals surface area contributed by atoms with Crippen molar-refractivity contribution in [3.63, 3.8) is 0 Å². The Kier molecular flexibility index (Phi) is 4.88. The third kappa shape index (κ3) is 3.58. The highest BCUT2D eigenvalue weighted by Crippen LogP contribution is 2.32. The zero-order chi connectivity index (χ0) is 17.9. The van der Waals surface area contributed by atoms with Crippen LogP contribution >= 0.6 is 0 Å². The second-order valence-corrected chi connectivity index (χ2v) is 7.00. The molecule has 2 aliphatic heterocycles. The molecule has 2 saturated heterocycles. The molecular formula is C19H24N4O3. The van der Waals surface area contributed by atoms with Crippen LogP contribution in [0.25, 0.3) is 11.4 Å². The predicted molar refractivity (Wildman–Crippen MR) is 95.5 cm³/mol. The molecule has 0 saturated carbocycles. The molecule has 26 heavy (non-hydrogen) atoms. The van der Waals surface area contributed by atoms with Gasteiger partial charge >= 0.3 is 6.03 Å². The van der Waals surface area contributed by atoms with Gasteiger partial charge in [0.25, 0.3) is 0 Å². The van der Waals surface area contributed by atoms with Crippen LogP contribution < -0.4 is 5.32 Å². The molecular weight excluding hydrogens is 332 g/mol. The summed E-state index contributed by atoms with van der Waals surface area (Å²) in [6, 6.07) is 7.74. The average molecular weight is 356 g/mol. The Hall–Kier alpha value is -2.41. The van der Waals surface area contributed by atoms with Gasteiger partial charge in [-0.05, 0) is 38.7 Å². The van der Waals surface area contributed by atoms with Crippen LogP contribution in [-0.4, -0.2) is 46.9 Å². The maximum Gasteiger partial charge on any atom is 0.318 e. The van der Waals surface area contributed by atoms with Gasteiger partial charge in [-0.3, -0.25) is 0 Å². The zero-order valence-corrected chi connectivity index (χ0v) is 15.0. The van der Waals surface area contributed by atoms with Crippen molar-refractivity contribution in [1.82, 2.24) is 20.4 Å². The van der Waals surface area contributed by atoms with Gasteiger partial charge < -0.3 is 19.5 Å². The topological polar surface area (TPSA) is 80.5 Å². The molecule has 0 spiro atoms. The molecule has 1 N–H and O–H groups in total. The van der Waals surface area contributed by atoms with Gasteiger partial charge in [-0.1, -0.05) is 28.9 Å². The summed E-state index contributed by atoms with van der Waals surface area (Å²) in [6.07, 6.45) is 3.98. The average Bonchev–Trinajstić information content (AvgIpc) is 3.40. The van der Waals surface area contributed by atoms with Gasteiger partial charge in [-0.2, -0.15) is 4.98 Å². The summed E-state index contributed by atoms with van der Waals surface area (Å²) < 4.78 is 11.1. The molecule has 4 rings (SSSR count). The maximum atomic E-state index is 12.6.